The molecule has 1 aromatic heterocycles. The molecule has 2 nitrogen and oxygen atoms in total. The number of thiophene rings is 1. The molecule has 1 saturated heterocycles. The van der Waals surface area contributed by atoms with Gasteiger partial charge in [-0.05, 0) is 12.5 Å². The summed E-state index contributed by atoms with van der Waals surface area (Å²) < 4.78 is 0.390. The summed E-state index contributed by atoms with van der Waals surface area (Å²) in [6, 6.07) is 2.39. The molecular weight excluding hydrogens is 284 g/mol. The van der Waals surface area contributed by atoms with Crippen molar-refractivity contribution in [2.24, 2.45) is 5.73 Å². The third-order valence-electron chi connectivity index (χ3n) is 3.45. The molecule has 1 aromatic rings. The maximum absolute atomic E-state index is 6.02. The van der Waals surface area contributed by atoms with E-state index in [9.17, 15) is 0 Å². The van der Waals surface area contributed by atoms with Crippen molar-refractivity contribution in [1.82, 2.24) is 4.90 Å². The van der Waals surface area contributed by atoms with Gasteiger partial charge in [-0.1, -0.05) is 25.4 Å². The molecule has 0 spiro atoms. The highest BCUT2D eigenvalue weighted by Crippen LogP contribution is 2.35. The molecule has 0 radical (unpaired) electrons. The van der Waals surface area contributed by atoms with Gasteiger partial charge in [0, 0.05) is 40.4 Å². The van der Waals surface area contributed by atoms with E-state index in [0.29, 0.717) is 17.3 Å². The number of hydrogen-bond donors (Lipinski definition) is 1. The number of thioether (sulfide) groups is 1. The summed E-state index contributed by atoms with van der Waals surface area (Å²) in [7, 11) is 0. The minimum atomic E-state index is 0.331. The van der Waals surface area contributed by atoms with E-state index in [1.54, 1.807) is 11.3 Å². The Morgan fingerprint density at radius 3 is 2.89 bits per heavy atom. The van der Waals surface area contributed by atoms with Gasteiger partial charge in [0.25, 0.3) is 0 Å². The molecule has 1 aliphatic rings. The van der Waals surface area contributed by atoms with Crippen LogP contribution in [0.1, 0.15) is 31.2 Å². The Morgan fingerprint density at radius 1 is 1.50 bits per heavy atom. The van der Waals surface area contributed by atoms with Gasteiger partial charge in [0.05, 0.1) is 11.1 Å². The molecule has 18 heavy (non-hydrogen) atoms. The molecule has 1 unspecified atom stereocenters. The summed E-state index contributed by atoms with van der Waals surface area (Å²) in [6.07, 6.45) is 1.22. The summed E-state index contributed by atoms with van der Waals surface area (Å²) in [6.45, 7) is 7.58. The lowest BCUT2D eigenvalue weighted by molar-refractivity contribution is 0.213. The summed E-state index contributed by atoms with van der Waals surface area (Å²) in [4.78, 5) is 3.82. The van der Waals surface area contributed by atoms with Crippen LogP contribution in [0.2, 0.25) is 5.02 Å². The first-order valence-corrected chi connectivity index (χ1v) is 8.58. The van der Waals surface area contributed by atoms with Crippen LogP contribution in [0.4, 0.5) is 0 Å². The fraction of sp³-hybridized carbons (Fsp3) is 0.692. The normalized spacial score (nSPS) is 22.7. The van der Waals surface area contributed by atoms with Crippen LogP contribution in [0, 0.1) is 0 Å². The van der Waals surface area contributed by atoms with Gasteiger partial charge in [-0.3, -0.25) is 4.90 Å². The molecule has 1 aliphatic heterocycles. The molecule has 0 aromatic carbocycles. The summed E-state index contributed by atoms with van der Waals surface area (Å²) >= 11 is 9.82. The lowest BCUT2D eigenvalue weighted by Gasteiger charge is -2.29. The second-order valence-electron chi connectivity index (χ2n) is 5.31. The number of nitrogens with zero attached hydrogens (tertiary/aromatic N) is 1. The van der Waals surface area contributed by atoms with Crippen molar-refractivity contribution in [2.45, 2.75) is 31.1 Å². The summed E-state index contributed by atoms with van der Waals surface area (Å²) in [5.41, 5.74) is 5.98. The highest BCUT2D eigenvalue weighted by atomic mass is 35.5. The van der Waals surface area contributed by atoms with E-state index in [2.05, 4.69) is 36.6 Å². The molecule has 0 saturated carbocycles. The van der Waals surface area contributed by atoms with Crippen molar-refractivity contribution in [1.29, 1.82) is 0 Å². The van der Waals surface area contributed by atoms with E-state index < -0.39 is 0 Å². The van der Waals surface area contributed by atoms with Crippen molar-refractivity contribution >= 4 is 34.7 Å². The van der Waals surface area contributed by atoms with Crippen molar-refractivity contribution in [3.63, 3.8) is 0 Å². The zero-order valence-electron chi connectivity index (χ0n) is 11.0. The third-order valence-corrected chi connectivity index (χ3v) is 6.21. The Hall–Kier alpha value is 0.260. The maximum Gasteiger partial charge on any atom is 0.0565 e. The first-order chi connectivity index (χ1) is 8.52. The van der Waals surface area contributed by atoms with Crippen LogP contribution < -0.4 is 5.73 Å². The second-order valence-corrected chi connectivity index (χ2v) is 8.49. The van der Waals surface area contributed by atoms with E-state index in [4.69, 9.17) is 17.3 Å². The third kappa shape index (κ3) is 3.64. The zero-order chi connectivity index (χ0) is 13.2. The van der Waals surface area contributed by atoms with Gasteiger partial charge in [-0.2, -0.15) is 11.8 Å². The SMILES string of the molecule is CC1(C)CCN(C(CN)c2cc(Cl)cs2)CCS1. The van der Waals surface area contributed by atoms with Crippen LogP contribution in [0.25, 0.3) is 0 Å². The van der Waals surface area contributed by atoms with Crippen molar-refractivity contribution in [3.8, 4) is 0 Å². The van der Waals surface area contributed by atoms with Crippen molar-refractivity contribution in [3.05, 3.63) is 21.3 Å². The van der Waals surface area contributed by atoms with E-state index in [1.807, 2.05) is 5.38 Å². The quantitative estimate of drug-likeness (QED) is 0.925. The Labute approximate surface area is 123 Å². The van der Waals surface area contributed by atoms with Crippen molar-refractivity contribution in [2.75, 3.05) is 25.4 Å². The van der Waals surface area contributed by atoms with Gasteiger partial charge < -0.3 is 5.73 Å². The Bertz CT molecular complexity index is 392. The minimum absolute atomic E-state index is 0.331. The Morgan fingerprint density at radius 2 is 2.28 bits per heavy atom. The highest BCUT2D eigenvalue weighted by molar-refractivity contribution is 8.00. The fourth-order valence-electron chi connectivity index (χ4n) is 2.30. The molecule has 1 atom stereocenters. The molecular formula is C13H21ClN2S2. The first-order valence-electron chi connectivity index (χ1n) is 6.34. The smallest absolute Gasteiger partial charge is 0.0565 e. The van der Waals surface area contributed by atoms with Gasteiger partial charge in [0.2, 0.25) is 0 Å². The molecule has 1 fully saturated rings. The van der Waals surface area contributed by atoms with E-state index in [-0.39, 0.29) is 0 Å². The lowest BCUT2D eigenvalue weighted by atomic mass is 10.1. The molecule has 0 aliphatic carbocycles. The van der Waals surface area contributed by atoms with Gasteiger partial charge in [-0.15, -0.1) is 11.3 Å². The van der Waals surface area contributed by atoms with Crippen LogP contribution in [0.5, 0.6) is 0 Å². The monoisotopic (exact) mass is 304 g/mol. The Balaban J connectivity index is 2.08. The Kier molecular flexibility index (Phi) is 5.00. The van der Waals surface area contributed by atoms with Gasteiger partial charge in [0.15, 0.2) is 0 Å². The topological polar surface area (TPSA) is 29.3 Å². The predicted molar refractivity (Wildman–Crippen MR) is 83.9 cm³/mol. The zero-order valence-corrected chi connectivity index (χ0v) is 13.4. The van der Waals surface area contributed by atoms with E-state index in [1.165, 1.54) is 17.1 Å². The van der Waals surface area contributed by atoms with Crippen LogP contribution in [-0.4, -0.2) is 35.0 Å². The molecule has 102 valence electrons. The highest BCUT2D eigenvalue weighted by Gasteiger charge is 2.28. The predicted octanol–water partition coefficient (Wildman–Crippen LogP) is 3.62. The van der Waals surface area contributed by atoms with Crippen LogP contribution >= 0.6 is 34.7 Å². The van der Waals surface area contributed by atoms with Crippen LogP contribution in [0.15, 0.2) is 11.4 Å². The molecule has 0 bridgehead atoms. The first kappa shape index (κ1) is 14.7. The molecule has 2 heterocycles. The van der Waals surface area contributed by atoms with Crippen LogP contribution in [0.3, 0.4) is 0 Å². The van der Waals surface area contributed by atoms with Gasteiger partial charge in [0.1, 0.15) is 0 Å². The van der Waals surface area contributed by atoms with Gasteiger partial charge >= 0.3 is 0 Å². The number of hydrogen-bond acceptors (Lipinski definition) is 4. The number of rotatable bonds is 3. The maximum atomic E-state index is 6.02. The van der Waals surface area contributed by atoms with E-state index in [0.717, 1.165) is 18.1 Å². The lowest BCUT2D eigenvalue weighted by Crippen LogP contribution is -2.35. The van der Waals surface area contributed by atoms with E-state index >= 15 is 0 Å². The molecule has 0 amide bonds. The molecule has 2 N–H and O–H groups in total. The van der Waals surface area contributed by atoms with Crippen LogP contribution in [-0.2, 0) is 0 Å². The molecule has 2 rings (SSSR count). The largest absolute Gasteiger partial charge is 0.329 e. The van der Waals surface area contributed by atoms with Gasteiger partial charge in [-0.25, -0.2) is 0 Å². The average Bonchev–Trinajstić information content (AvgIpc) is 2.64. The molecule has 5 heteroatoms. The summed E-state index contributed by atoms with van der Waals surface area (Å²) in [5.74, 6) is 1.18. The standard InChI is InChI=1S/C13H21ClN2S2/c1-13(2)3-4-16(5-6-18-13)11(8-15)12-7-10(14)9-17-12/h7,9,11H,3-6,8,15H2,1-2H3. The average molecular weight is 305 g/mol. The van der Waals surface area contributed by atoms with Crippen molar-refractivity contribution < 1.29 is 0 Å². The number of halogens is 1. The fourth-order valence-corrected chi connectivity index (χ4v) is 4.64. The second kappa shape index (κ2) is 6.14. The minimum Gasteiger partial charge on any atom is -0.329 e. The summed E-state index contributed by atoms with van der Waals surface area (Å²) in [5, 5.41) is 2.83. The number of nitrogens with two attached hydrogens (primary N) is 1.